The fourth-order valence-electron chi connectivity index (χ4n) is 2.50. The molecule has 0 atom stereocenters. The predicted octanol–water partition coefficient (Wildman–Crippen LogP) is 6.32. The second-order valence-electron chi connectivity index (χ2n) is 5.71. The van der Waals surface area contributed by atoms with Gasteiger partial charge in [-0.15, -0.1) is 11.3 Å². The summed E-state index contributed by atoms with van der Waals surface area (Å²) >= 11 is 19.3. The molecule has 140 valence electrons. The van der Waals surface area contributed by atoms with Crippen LogP contribution in [0.1, 0.15) is 5.56 Å². The topological polar surface area (TPSA) is 67.5 Å². The van der Waals surface area contributed by atoms with E-state index in [-0.39, 0.29) is 5.02 Å². The highest BCUT2D eigenvalue weighted by molar-refractivity contribution is 7.14. The van der Waals surface area contributed by atoms with Gasteiger partial charge in [-0.1, -0.05) is 46.9 Å². The van der Waals surface area contributed by atoms with Crippen LogP contribution in [-0.2, 0) is 0 Å². The Hall–Kier alpha value is -2.38. The third-order valence-electron chi connectivity index (χ3n) is 3.78. The molecule has 1 N–H and O–H groups in total. The zero-order valence-electron chi connectivity index (χ0n) is 13.9. The number of fused-ring (bicyclic) bond motifs is 1. The van der Waals surface area contributed by atoms with Crippen molar-refractivity contribution in [1.82, 2.24) is 4.98 Å². The number of hydrogen-bond donors (Lipinski definition) is 1. The van der Waals surface area contributed by atoms with Crippen molar-refractivity contribution in [2.45, 2.75) is 0 Å². The molecule has 5 nitrogen and oxygen atoms in total. The summed E-state index contributed by atoms with van der Waals surface area (Å²) in [5.74, 6) is 0. The molecule has 0 aliphatic carbocycles. The van der Waals surface area contributed by atoms with E-state index in [0.717, 1.165) is 5.56 Å². The van der Waals surface area contributed by atoms with E-state index in [1.54, 1.807) is 35.9 Å². The summed E-state index contributed by atoms with van der Waals surface area (Å²) in [6, 6.07) is 12.1. The maximum absolute atomic E-state index is 12.4. The van der Waals surface area contributed by atoms with Gasteiger partial charge >= 0.3 is 5.63 Å². The molecule has 0 unspecified atom stereocenters. The molecule has 0 saturated heterocycles. The number of halogens is 3. The normalized spacial score (nSPS) is 11.4. The Morgan fingerprint density at radius 2 is 1.86 bits per heavy atom. The Morgan fingerprint density at radius 1 is 1.07 bits per heavy atom. The van der Waals surface area contributed by atoms with E-state index >= 15 is 0 Å². The van der Waals surface area contributed by atoms with Crippen molar-refractivity contribution >= 4 is 68.5 Å². The Bertz CT molecular complexity index is 1250. The number of anilines is 1. The molecule has 0 amide bonds. The Balaban J connectivity index is 1.59. The first-order valence-corrected chi connectivity index (χ1v) is 9.94. The molecule has 0 aliphatic rings. The third-order valence-corrected chi connectivity index (χ3v) is 5.27. The van der Waals surface area contributed by atoms with Crippen molar-refractivity contribution in [3.05, 3.63) is 78.9 Å². The van der Waals surface area contributed by atoms with Crippen LogP contribution < -0.4 is 11.1 Å². The number of aromatic nitrogens is 1. The average molecular weight is 451 g/mol. The lowest BCUT2D eigenvalue weighted by Crippen LogP contribution is -2.03. The van der Waals surface area contributed by atoms with E-state index in [4.69, 9.17) is 39.2 Å². The van der Waals surface area contributed by atoms with Crippen molar-refractivity contribution < 1.29 is 4.42 Å². The van der Waals surface area contributed by atoms with E-state index in [1.807, 2.05) is 12.1 Å². The van der Waals surface area contributed by atoms with Crippen molar-refractivity contribution in [2.75, 3.05) is 5.43 Å². The van der Waals surface area contributed by atoms with Crippen molar-refractivity contribution in [3.63, 3.8) is 0 Å². The van der Waals surface area contributed by atoms with Crippen LogP contribution in [0.4, 0.5) is 5.13 Å². The van der Waals surface area contributed by atoms with Gasteiger partial charge in [0.25, 0.3) is 0 Å². The van der Waals surface area contributed by atoms with Crippen molar-refractivity contribution in [3.8, 4) is 11.3 Å². The minimum Gasteiger partial charge on any atom is -0.421 e. The van der Waals surface area contributed by atoms with Gasteiger partial charge in [-0.2, -0.15) is 5.10 Å². The van der Waals surface area contributed by atoms with Gasteiger partial charge in [0.2, 0.25) is 5.13 Å². The highest BCUT2D eigenvalue weighted by atomic mass is 35.5. The van der Waals surface area contributed by atoms with Gasteiger partial charge in [0, 0.05) is 20.8 Å². The van der Waals surface area contributed by atoms with Crippen LogP contribution >= 0.6 is 46.1 Å². The fourth-order valence-corrected chi connectivity index (χ4v) is 3.83. The molecule has 0 radical (unpaired) electrons. The number of hydrazone groups is 1. The fraction of sp³-hybridized carbons (Fsp3) is 0. The maximum Gasteiger partial charge on any atom is 0.345 e. The van der Waals surface area contributed by atoms with Crippen LogP contribution in [0.5, 0.6) is 0 Å². The predicted molar refractivity (Wildman–Crippen MR) is 116 cm³/mol. The molecule has 0 fully saturated rings. The number of nitrogens with one attached hydrogen (secondary N) is 1. The van der Waals surface area contributed by atoms with E-state index in [2.05, 4.69) is 15.5 Å². The van der Waals surface area contributed by atoms with Crippen LogP contribution in [0.25, 0.3) is 22.2 Å². The monoisotopic (exact) mass is 449 g/mol. The van der Waals surface area contributed by atoms with Gasteiger partial charge in [-0.05, 0) is 35.9 Å². The average Bonchev–Trinajstić information content (AvgIpc) is 3.12. The lowest BCUT2D eigenvalue weighted by atomic mass is 10.1. The van der Waals surface area contributed by atoms with Crippen LogP contribution in [-0.4, -0.2) is 11.2 Å². The van der Waals surface area contributed by atoms with Gasteiger partial charge in [0.15, 0.2) is 5.58 Å². The zero-order valence-corrected chi connectivity index (χ0v) is 17.0. The largest absolute Gasteiger partial charge is 0.421 e. The molecule has 0 spiro atoms. The second-order valence-corrected chi connectivity index (χ2v) is 7.85. The number of benzene rings is 2. The minimum absolute atomic E-state index is 0.281. The molecule has 9 heteroatoms. The number of thiazole rings is 1. The van der Waals surface area contributed by atoms with Crippen LogP contribution in [0.2, 0.25) is 15.1 Å². The molecular formula is C19H10Cl3N3O2S. The van der Waals surface area contributed by atoms with Crippen LogP contribution in [0, 0.1) is 0 Å². The number of hydrogen-bond acceptors (Lipinski definition) is 6. The lowest BCUT2D eigenvalue weighted by molar-refractivity contribution is 0.563. The molecule has 0 bridgehead atoms. The zero-order chi connectivity index (χ0) is 19.7. The summed E-state index contributed by atoms with van der Waals surface area (Å²) in [6.07, 6.45) is 1.64. The number of nitrogens with zero attached hydrogens (tertiary/aromatic N) is 2. The smallest absolute Gasteiger partial charge is 0.345 e. The van der Waals surface area contributed by atoms with Gasteiger partial charge in [-0.25, -0.2) is 9.78 Å². The molecule has 28 heavy (non-hydrogen) atoms. The summed E-state index contributed by atoms with van der Waals surface area (Å²) in [6.45, 7) is 0. The maximum atomic E-state index is 12.4. The standard InChI is InChI=1S/C19H10Cl3N3O2S/c20-12-3-1-10(2-4-12)8-23-25-19-24-16(9-28-19)14-6-11-5-13(21)7-15(22)17(11)27-18(14)26/h1-9H,(H,24,25)/b23-8-. The molecule has 4 rings (SSSR count). The van der Waals surface area contributed by atoms with Gasteiger partial charge in [-0.3, -0.25) is 5.43 Å². The first-order valence-electron chi connectivity index (χ1n) is 7.93. The van der Waals surface area contributed by atoms with Crippen molar-refractivity contribution in [1.29, 1.82) is 0 Å². The van der Waals surface area contributed by atoms with E-state index in [0.29, 0.717) is 37.4 Å². The third kappa shape index (κ3) is 4.05. The molecule has 0 aliphatic heterocycles. The van der Waals surface area contributed by atoms with Gasteiger partial charge in [0.05, 0.1) is 22.5 Å². The number of rotatable bonds is 4. The summed E-state index contributed by atoms with van der Waals surface area (Å²) < 4.78 is 5.35. The Labute approximate surface area is 178 Å². The highest BCUT2D eigenvalue weighted by Gasteiger charge is 2.13. The van der Waals surface area contributed by atoms with Crippen LogP contribution in [0.3, 0.4) is 0 Å². The summed E-state index contributed by atoms with van der Waals surface area (Å²) in [5.41, 5.74) is 4.28. The van der Waals surface area contributed by atoms with Crippen LogP contribution in [0.15, 0.2) is 62.2 Å². The first-order chi connectivity index (χ1) is 13.5. The molecular weight excluding hydrogens is 441 g/mol. The molecule has 2 aromatic heterocycles. The quantitative estimate of drug-likeness (QED) is 0.224. The summed E-state index contributed by atoms with van der Waals surface area (Å²) in [5, 5.41) is 8.42. The molecule has 2 heterocycles. The van der Waals surface area contributed by atoms with Crippen molar-refractivity contribution in [2.24, 2.45) is 5.10 Å². The van der Waals surface area contributed by atoms with E-state index in [1.165, 1.54) is 17.4 Å². The molecule has 4 aromatic rings. The van der Waals surface area contributed by atoms with E-state index in [9.17, 15) is 4.79 Å². The first kappa shape index (κ1) is 19.0. The van der Waals surface area contributed by atoms with Gasteiger partial charge in [0.1, 0.15) is 0 Å². The highest BCUT2D eigenvalue weighted by Crippen LogP contribution is 2.30. The Kier molecular flexibility index (Phi) is 5.37. The summed E-state index contributed by atoms with van der Waals surface area (Å²) in [4.78, 5) is 16.7. The second kappa shape index (κ2) is 7.93. The van der Waals surface area contributed by atoms with E-state index < -0.39 is 5.63 Å². The Morgan fingerprint density at radius 3 is 2.64 bits per heavy atom. The molecule has 2 aromatic carbocycles. The molecule has 0 saturated carbocycles. The SMILES string of the molecule is O=c1oc2c(Cl)cc(Cl)cc2cc1-c1csc(N/N=C\c2ccc(Cl)cc2)n1. The van der Waals surface area contributed by atoms with Gasteiger partial charge < -0.3 is 4.42 Å². The summed E-state index contributed by atoms with van der Waals surface area (Å²) in [7, 11) is 0. The minimum atomic E-state index is -0.529. The lowest BCUT2D eigenvalue weighted by Gasteiger charge is -2.02.